The number of aliphatic carboxylic acids is 1. The minimum atomic E-state index is -4.82. The van der Waals surface area contributed by atoms with E-state index < -0.39 is 78.6 Å². The van der Waals surface area contributed by atoms with Crippen LogP contribution in [0.1, 0.15) is 31.0 Å². The van der Waals surface area contributed by atoms with Crippen molar-refractivity contribution in [3.63, 3.8) is 0 Å². The molecule has 0 unspecified atom stereocenters. The molecule has 1 fully saturated rings. The summed E-state index contributed by atoms with van der Waals surface area (Å²) < 4.78 is 51.4. The van der Waals surface area contributed by atoms with Gasteiger partial charge in [0, 0.05) is 12.6 Å². The minimum absolute atomic E-state index is 0.0170. The molecule has 1 aliphatic rings. The largest absolute Gasteiger partial charge is 0.481 e. The van der Waals surface area contributed by atoms with Crippen LogP contribution in [-0.2, 0) is 36.7 Å². The van der Waals surface area contributed by atoms with Gasteiger partial charge in [-0.3, -0.25) is 19.2 Å². The van der Waals surface area contributed by atoms with Gasteiger partial charge in [-0.1, -0.05) is 48.5 Å². The van der Waals surface area contributed by atoms with Crippen LogP contribution in [-0.4, -0.2) is 80.7 Å². The molecule has 244 valence electrons. The Morgan fingerprint density at radius 2 is 1.72 bits per heavy atom. The number of benzene rings is 2. The maximum absolute atomic E-state index is 13.4. The Hall–Kier alpha value is -5.41. The van der Waals surface area contributed by atoms with Crippen molar-refractivity contribution in [1.82, 2.24) is 25.3 Å². The van der Waals surface area contributed by atoms with Gasteiger partial charge >= 0.3 is 18.2 Å². The van der Waals surface area contributed by atoms with E-state index in [0.717, 1.165) is 15.1 Å². The molecule has 1 aliphatic heterocycles. The molecule has 0 spiro atoms. The second kappa shape index (κ2) is 14.6. The number of alkyl carbamates (subject to hydrolysis) is 1. The number of carbonyl (C=O) groups excluding carboxylic acids is 4. The van der Waals surface area contributed by atoms with E-state index in [4.69, 9.17) is 9.47 Å². The molecule has 0 saturated carbocycles. The third-order valence-electron chi connectivity index (χ3n) is 7.01. The summed E-state index contributed by atoms with van der Waals surface area (Å²) in [7, 11) is 0. The highest BCUT2D eigenvalue weighted by Gasteiger charge is 2.39. The minimum Gasteiger partial charge on any atom is -0.481 e. The summed E-state index contributed by atoms with van der Waals surface area (Å²) in [5.74, 6) is -4.29. The van der Waals surface area contributed by atoms with Gasteiger partial charge in [0.05, 0.1) is 12.1 Å². The number of likely N-dealkylation sites (tertiary alicyclic amines) is 1. The quantitative estimate of drug-likeness (QED) is 0.253. The first kappa shape index (κ1) is 33.5. The second-order valence-electron chi connectivity index (χ2n) is 10.3. The number of Topliss-reactive ketones (excluding diaryl/α,β-unsaturated/α-hetero) is 1. The molecule has 1 saturated heterocycles. The summed E-state index contributed by atoms with van der Waals surface area (Å²) in [4.78, 5) is 63.8. The van der Waals surface area contributed by atoms with E-state index in [1.807, 2.05) is 0 Å². The summed E-state index contributed by atoms with van der Waals surface area (Å²) in [6.45, 7) is 0.515. The fourth-order valence-corrected chi connectivity index (χ4v) is 4.59. The molecule has 3 aromatic rings. The number of rotatable bonds is 13. The van der Waals surface area contributed by atoms with Crippen molar-refractivity contribution in [2.24, 2.45) is 0 Å². The van der Waals surface area contributed by atoms with Gasteiger partial charge < -0.3 is 30.1 Å². The Kier molecular flexibility index (Phi) is 10.6. The number of ketones is 1. The average molecular weight is 646 g/mol. The molecule has 0 aliphatic carbocycles. The Morgan fingerprint density at radius 3 is 2.35 bits per heavy atom. The zero-order valence-corrected chi connectivity index (χ0v) is 24.4. The molecule has 4 rings (SSSR count). The number of hydrogen-bond acceptors (Lipinski definition) is 8. The SMILES string of the molecule is C[C@@H](C(=O)N[C@@H](CC(=O)O)C(=O)COc1cc(C(F)(F)F)nn1-c1ccccc1)N1CC[C@H](NC(=O)OCc2ccccc2)C1=O. The van der Waals surface area contributed by atoms with Gasteiger partial charge in [0.25, 0.3) is 0 Å². The molecule has 3 amide bonds. The van der Waals surface area contributed by atoms with Crippen LogP contribution in [0.4, 0.5) is 18.0 Å². The highest BCUT2D eigenvalue weighted by Crippen LogP contribution is 2.32. The van der Waals surface area contributed by atoms with Gasteiger partial charge in [-0.25, -0.2) is 9.48 Å². The van der Waals surface area contributed by atoms with Gasteiger partial charge in [-0.15, -0.1) is 0 Å². The fraction of sp³-hybridized carbons (Fsp3) is 0.333. The lowest BCUT2D eigenvalue weighted by atomic mass is 10.1. The number of nitrogens with one attached hydrogen (secondary N) is 2. The number of halogens is 3. The Balaban J connectivity index is 1.36. The summed E-state index contributed by atoms with van der Waals surface area (Å²) in [6.07, 6.45) is -6.35. The number of carbonyl (C=O) groups is 5. The van der Waals surface area contributed by atoms with Crippen LogP contribution in [0.25, 0.3) is 5.69 Å². The smallest absolute Gasteiger partial charge is 0.435 e. The summed E-state index contributed by atoms with van der Waals surface area (Å²) in [6, 6.07) is 13.4. The van der Waals surface area contributed by atoms with Crippen LogP contribution in [0.15, 0.2) is 66.7 Å². The van der Waals surface area contributed by atoms with Crippen molar-refractivity contribution in [2.75, 3.05) is 13.2 Å². The molecular weight excluding hydrogens is 615 g/mol. The number of ether oxygens (including phenoxy) is 2. The zero-order chi connectivity index (χ0) is 33.4. The monoisotopic (exact) mass is 645 g/mol. The summed E-state index contributed by atoms with van der Waals surface area (Å²) in [5, 5.41) is 17.6. The number of amides is 3. The number of carboxylic acids is 1. The van der Waals surface area contributed by atoms with E-state index in [-0.39, 0.29) is 25.3 Å². The predicted octanol–water partition coefficient (Wildman–Crippen LogP) is 2.71. The van der Waals surface area contributed by atoms with E-state index in [2.05, 4.69) is 15.7 Å². The van der Waals surface area contributed by atoms with Crippen LogP contribution in [0, 0.1) is 0 Å². The van der Waals surface area contributed by atoms with Gasteiger partial charge in [-0.05, 0) is 31.0 Å². The summed E-state index contributed by atoms with van der Waals surface area (Å²) in [5.41, 5.74) is -0.334. The normalized spacial score (nSPS) is 16.0. The van der Waals surface area contributed by atoms with Crippen LogP contribution in [0.5, 0.6) is 5.88 Å². The molecule has 3 N–H and O–H groups in total. The van der Waals surface area contributed by atoms with Crippen molar-refractivity contribution >= 4 is 29.7 Å². The van der Waals surface area contributed by atoms with Gasteiger partial charge in [0.15, 0.2) is 18.1 Å². The zero-order valence-electron chi connectivity index (χ0n) is 24.4. The molecule has 16 heteroatoms. The number of nitrogens with zero attached hydrogens (tertiary/aromatic N) is 3. The fourth-order valence-electron chi connectivity index (χ4n) is 4.59. The first-order valence-electron chi connectivity index (χ1n) is 14.0. The van der Waals surface area contributed by atoms with Gasteiger partial charge in [-0.2, -0.15) is 18.3 Å². The van der Waals surface area contributed by atoms with Crippen LogP contribution < -0.4 is 15.4 Å². The van der Waals surface area contributed by atoms with E-state index >= 15 is 0 Å². The maximum atomic E-state index is 13.4. The van der Waals surface area contributed by atoms with Crippen molar-refractivity contribution in [1.29, 1.82) is 0 Å². The van der Waals surface area contributed by atoms with Crippen LogP contribution in [0.2, 0.25) is 0 Å². The van der Waals surface area contributed by atoms with E-state index in [1.54, 1.807) is 48.5 Å². The molecule has 46 heavy (non-hydrogen) atoms. The first-order valence-corrected chi connectivity index (χ1v) is 14.0. The lowest BCUT2D eigenvalue weighted by Gasteiger charge is -2.26. The molecule has 2 aromatic carbocycles. The Labute approximate surface area is 260 Å². The van der Waals surface area contributed by atoms with Crippen molar-refractivity contribution in [2.45, 2.75) is 50.7 Å². The molecule has 13 nitrogen and oxygen atoms in total. The third kappa shape index (κ3) is 8.61. The lowest BCUT2D eigenvalue weighted by molar-refractivity contribution is -0.142. The van der Waals surface area contributed by atoms with E-state index in [1.165, 1.54) is 19.1 Å². The van der Waals surface area contributed by atoms with Crippen molar-refractivity contribution in [3.05, 3.63) is 78.0 Å². The molecule has 3 atom stereocenters. The Morgan fingerprint density at radius 1 is 1.07 bits per heavy atom. The number of hydrogen-bond donors (Lipinski definition) is 3. The standard InChI is InChI=1S/C30H30F3N5O8/c1-18(37-13-12-21(28(37)43)35-29(44)46-16-19-8-4-2-5-9-19)27(42)34-22(14-26(40)41)23(39)17-45-25-15-24(30(31,32)33)36-38(25)20-10-6-3-7-11-20/h2-11,15,18,21-22H,12-14,16-17H2,1H3,(H,34,42)(H,35,44)(H,40,41)/t18-,21-,22-/m0/s1. The number of carboxylic acid groups (broad SMARTS) is 1. The number of aromatic nitrogens is 2. The summed E-state index contributed by atoms with van der Waals surface area (Å²) >= 11 is 0. The molecule has 0 radical (unpaired) electrons. The maximum Gasteiger partial charge on any atom is 0.435 e. The molecule has 0 bridgehead atoms. The van der Waals surface area contributed by atoms with Crippen molar-refractivity contribution < 1.29 is 51.7 Å². The predicted molar refractivity (Wildman–Crippen MR) is 153 cm³/mol. The van der Waals surface area contributed by atoms with Crippen LogP contribution >= 0.6 is 0 Å². The van der Waals surface area contributed by atoms with E-state index in [0.29, 0.717) is 6.07 Å². The lowest BCUT2D eigenvalue weighted by Crippen LogP contribution is -2.53. The number of alkyl halides is 3. The highest BCUT2D eigenvalue weighted by atomic mass is 19.4. The molecular formula is C30H30F3N5O8. The third-order valence-corrected chi connectivity index (χ3v) is 7.01. The molecule has 2 heterocycles. The highest BCUT2D eigenvalue weighted by molar-refractivity contribution is 5.96. The second-order valence-corrected chi connectivity index (χ2v) is 10.3. The van der Waals surface area contributed by atoms with Gasteiger partial charge in [0.1, 0.15) is 24.7 Å². The van der Waals surface area contributed by atoms with Crippen LogP contribution in [0.3, 0.4) is 0 Å². The average Bonchev–Trinajstić information content (AvgIpc) is 3.62. The Bertz CT molecular complexity index is 1570. The first-order chi connectivity index (χ1) is 21.8. The topological polar surface area (TPSA) is 169 Å². The van der Waals surface area contributed by atoms with Gasteiger partial charge in [0.2, 0.25) is 17.7 Å². The van der Waals surface area contributed by atoms with E-state index in [9.17, 15) is 42.3 Å². The molecule has 1 aromatic heterocycles. The van der Waals surface area contributed by atoms with Crippen molar-refractivity contribution in [3.8, 4) is 11.6 Å². The number of para-hydroxylation sites is 1.